The molecule has 0 spiro atoms. The summed E-state index contributed by atoms with van der Waals surface area (Å²) in [5.74, 6) is -3.09. The predicted molar refractivity (Wildman–Crippen MR) is 235 cm³/mol. The summed E-state index contributed by atoms with van der Waals surface area (Å²) in [6.45, 7) is 3.23. The Morgan fingerprint density at radius 1 is 0.836 bits per heavy atom. The number of amides is 4. The van der Waals surface area contributed by atoms with E-state index in [0.717, 1.165) is 0 Å². The number of nitro benzene ring substituents is 3. The number of aliphatic hydroxyl groups is 1. The quantitative estimate of drug-likeness (QED) is 0.0377. The molecule has 3 fully saturated rings. The Bertz CT molecular complexity index is 2500. The maximum Gasteiger partial charge on any atom is 0.435 e. The van der Waals surface area contributed by atoms with Crippen molar-refractivity contribution in [1.82, 2.24) is 20.0 Å². The molecule has 0 aromatic heterocycles. The van der Waals surface area contributed by atoms with Crippen molar-refractivity contribution in [2.24, 2.45) is 16.8 Å². The fourth-order valence-electron chi connectivity index (χ4n) is 8.39. The van der Waals surface area contributed by atoms with Gasteiger partial charge in [0, 0.05) is 78.1 Å². The topological polar surface area (TPSA) is 297 Å². The van der Waals surface area contributed by atoms with Gasteiger partial charge >= 0.3 is 18.2 Å². The first-order valence-corrected chi connectivity index (χ1v) is 21.8. The summed E-state index contributed by atoms with van der Waals surface area (Å²) in [6.07, 6.45) is -0.947. The second kappa shape index (κ2) is 20.4. The number of nitrogens with one attached hydrogen (secondary N) is 1. The highest BCUT2D eigenvalue weighted by atomic mass is 32.2. The van der Waals surface area contributed by atoms with Gasteiger partial charge in [-0.1, -0.05) is 6.92 Å². The second-order valence-electron chi connectivity index (χ2n) is 16.3. The SMILES string of the molecule is C[C@@H](O)[C@H]1C(=O)N2C(C(=O)OCc3ccc([N+](=O)[O-])cc3)=C(S[C@H]3C[C@@H](C(=O)N[C@H]4CCN(C=NC(=O)OCc5ccc([N+](=O)[O-])cc5)C4)N(C(=O)OCc4ccc([N+](=O)[O-])cc4)C3)[C@H](C)[C@H]12. The van der Waals surface area contributed by atoms with Crippen molar-refractivity contribution in [3.05, 3.63) is 130 Å². The zero-order chi connectivity index (χ0) is 48.1. The molecule has 2 N–H and O–H groups in total. The van der Waals surface area contributed by atoms with E-state index in [1.165, 1.54) is 108 Å². The standard InChI is InChI=1S/C43H44N8O15S/c1-24-36-35(25(2)52)40(54)48(36)37(41(55)64-20-26-3-9-30(10-4-26)49(58)59)38(24)67-33-17-34(47(19-33)43(57)66-22-28-7-13-32(14-8-28)51(62)63)39(53)45-29-15-16-46(18-29)23-44-42(56)65-21-27-5-11-31(12-6-27)50(60)61/h3-14,23-25,29,33-36,52H,15-22H2,1-2H3,(H,45,53)/t24-,25-,29+,33+,34+,35-,36-/m1/s1. The van der Waals surface area contributed by atoms with Crippen molar-refractivity contribution in [1.29, 1.82) is 0 Å². The zero-order valence-electron chi connectivity index (χ0n) is 35.9. The van der Waals surface area contributed by atoms with E-state index in [1.54, 1.807) is 4.90 Å². The fourth-order valence-corrected chi connectivity index (χ4v) is 9.91. The molecular formula is C43H44N8O15S. The van der Waals surface area contributed by atoms with Gasteiger partial charge in [-0.2, -0.15) is 4.99 Å². The Hall–Kier alpha value is -7.47. The minimum absolute atomic E-state index is 0.0329. The average Bonchev–Trinajstić information content (AvgIpc) is 4.01. The van der Waals surface area contributed by atoms with Crippen LogP contribution in [0.2, 0.25) is 0 Å². The molecule has 4 aliphatic heterocycles. The summed E-state index contributed by atoms with van der Waals surface area (Å²) in [5.41, 5.74) is 0.989. The minimum atomic E-state index is -1.07. The van der Waals surface area contributed by atoms with Gasteiger partial charge in [0.15, 0.2) is 0 Å². The van der Waals surface area contributed by atoms with Crippen molar-refractivity contribution in [2.75, 3.05) is 19.6 Å². The predicted octanol–water partition coefficient (Wildman–Crippen LogP) is 4.59. The Kier molecular flexibility index (Phi) is 14.4. The molecule has 24 heteroatoms. The molecule has 23 nitrogen and oxygen atoms in total. The van der Waals surface area contributed by atoms with Crippen LogP contribution in [-0.2, 0) is 48.4 Å². The number of β-lactam (4-membered cyclic amide) rings is 1. The van der Waals surface area contributed by atoms with E-state index in [-0.39, 0.29) is 62.1 Å². The number of thioether (sulfide) groups is 1. The average molecular weight is 945 g/mol. The number of hydrogen-bond acceptors (Lipinski definition) is 16. The van der Waals surface area contributed by atoms with E-state index in [9.17, 15) is 59.4 Å². The summed E-state index contributed by atoms with van der Waals surface area (Å²) in [7, 11) is 0. The molecule has 3 aromatic rings. The smallest absolute Gasteiger partial charge is 0.435 e. The van der Waals surface area contributed by atoms with Gasteiger partial charge in [0.05, 0.1) is 39.2 Å². The number of hydrogen-bond donors (Lipinski definition) is 2. The molecule has 0 bridgehead atoms. The van der Waals surface area contributed by atoms with Crippen LogP contribution in [0, 0.1) is 42.2 Å². The Balaban J connectivity index is 1.04. The molecule has 3 aromatic carbocycles. The van der Waals surface area contributed by atoms with Crippen LogP contribution in [0.15, 0.2) is 88.4 Å². The largest absolute Gasteiger partial charge is 0.456 e. The van der Waals surface area contributed by atoms with Crippen LogP contribution >= 0.6 is 11.8 Å². The van der Waals surface area contributed by atoms with E-state index in [2.05, 4.69) is 10.3 Å². The van der Waals surface area contributed by atoms with Crippen LogP contribution < -0.4 is 5.32 Å². The van der Waals surface area contributed by atoms with Crippen LogP contribution in [0.4, 0.5) is 26.7 Å². The van der Waals surface area contributed by atoms with E-state index >= 15 is 0 Å². The first-order valence-electron chi connectivity index (χ1n) is 21.0. The van der Waals surface area contributed by atoms with Crippen molar-refractivity contribution in [2.45, 2.75) is 76.0 Å². The first kappa shape index (κ1) is 47.5. The second-order valence-corrected chi connectivity index (χ2v) is 17.6. The number of nitrogens with zero attached hydrogens (tertiary/aromatic N) is 7. The molecule has 352 valence electrons. The number of benzene rings is 3. The number of aliphatic imine (C=N–C) groups is 1. The van der Waals surface area contributed by atoms with E-state index in [1.807, 2.05) is 6.92 Å². The molecule has 3 saturated heterocycles. The molecule has 4 amide bonds. The molecule has 7 atom stereocenters. The van der Waals surface area contributed by atoms with E-state index < -0.39 is 86.1 Å². The van der Waals surface area contributed by atoms with Gasteiger partial charge in [-0.25, -0.2) is 14.4 Å². The first-order chi connectivity index (χ1) is 32.0. The zero-order valence-corrected chi connectivity index (χ0v) is 36.7. The minimum Gasteiger partial charge on any atom is -0.456 e. The molecule has 0 radical (unpaired) electrons. The van der Waals surface area contributed by atoms with Crippen LogP contribution in [0.25, 0.3) is 0 Å². The molecule has 4 aliphatic rings. The molecule has 0 saturated carbocycles. The number of carbonyl (C=O) groups excluding carboxylic acids is 5. The van der Waals surface area contributed by atoms with Crippen molar-refractivity contribution in [3.63, 3.8) is 0 Å². The number of rotatable bonds is 16. The Morgan fingerprint density at radius 3 is 1.88 bits per heavy atom. The molecule has 4 heterocycles. The van der Waals surface area contributed by atoms with Gasteiger partial charge in [0.25, 0.3) is 17.1 Å². The number of nitro groups is 3. The van der Waals surface area contributed by atoms with Gasteiger partial charge in [0.1, 0.15) is 31.6 Å². The monoisotopic (exact) mass is 944 g/mol. The summed E-state index contributed by atoms with van der Waals surface area (Å²) in [4.78, 5) is 108. The maximum atomic E-state index is 14.1. The van der Waals surface area contributed by atoms with Crippen LogP contribution in [0.5, 0.6) is 0 Å². The highest BCUT2D eigenvalue weighted by molar-refractivity contribution is 8.03. The lowest BCUT2D eigenvalue weighted by Gasteiger charge is -2.46. The van der Waals surface area contributed by atoms with E-state index in [0.29, 0.717) is 34.6 Å². The normalized spacial score (nSPS) is 22.6. The number of carbonyl (C=O) groups is 5. The van der Waals surface area contributed by atoms with Crippen LogP contribution in [0.3, 0.4) is 0 Å². The number of esters is 1. The number of ether oxygens (including phenoxy) is 3. The van der Waals surface area contributed by atoms with Gasteiger partial charge in [0.2, 0.25) is 11.8 Å². The van der Waals surface area contributed by atoms with Crippen LogP contribution in [-0.4, -0.2) is 120 Å². The molecule has 0 aliphatic carbocycles. The summed E-state index contributed by atoms with van der Waals surface area (Å²) >= 11 is 1.21. The highest BCUT2D eigenvalue weighted by Gasteiger charge is 2.60. The maximum absolute atomic E-state index is 14.1. The lowest BCUT2D eigenvalue weighted by atomic mass is 9.79. The summed E-state index contributed by atoms with van der Waals surface area (Å²) < 4.78 is 16.4. The molecule has 0 unspecified atom stereocenters. The van der Waals surface area contributed by atoms with Gasteiger partial charge in [-0.3, -0.25) is 44.8 Å². The van der Waals surface area contributed by atoms with Gasteiger partial charge < -0.3 is 34.4 Å². The Labute approximate surface area is 385 Å². The highest BCUT2D eigenvalue weighted by Crippen LogP contribution is 2.52. The number of likely N-dealkylation sites (tertiary alicyclic amines) is 2. The third-order valence-electron chi connectivity index (χ3n) is 11.8. The number of fused-ring (bicyclic) bond motifs is 1. The van der Waals surface area contributed by atoms with Crippen molar-refractivity contribution < 1.29 is 58.1 Å². The lowest BCUT2D eigenvalue weighted by molar-refractivity contribution is -0.385. The molecule has 67 heavy (non-hydrogen) atoms. The van der Waals surface area contributed by atoms with Crippen molar-refractivity contribution >= 4 is 65.1 Å². The number of non-ortho nitro benzene ring substituents is 3. The Morgan fingerprint density at radius 2 is 1.36 bits per heavy atom. The van der Waals surface area contributed by atoms with Gasteiger partial charge in [-0.15, -0.1) is 11.8 Å². The molecule has 7 rings (SSSR count). The third-order valence-corrected chi connectivity index (χ3v) is 13.3. The van der Waals surface area contributed by atoms with Crippen LogP contribution in [0.1, 0.15) is 43.4 Å². The van der Waals surface area contributed by atoms with E-state index in [4.69, 9.17) is 14.2 Å². The lowest BCUT2D eigenvalue weighted by Crippen LogP contribution is -2.63. The molecular weight excluding hydrogens is 901 g/mol. The van der Waals surface area contributed by atoms with Crippen molar-refractivity contribution in [3.8, 4) is 0 Å². The number of aliphatic hydroxyl groups excluding tert-OH is 1. The summed E-state index contributed by atoms with van der Waals surface area (Å²) in [6, 6.07) is 14.2. The van der Waals surface area contributed by atoms with Gasteiger partial charge in [-0.05, 0) is 72.9 Å². The summed E-state index contributed by atoms with van der Waals surface area (Å²) in [5, 5.41) is 46.2. The fraction of sp³-hybridized carbons (Fsp3) is 0.395. The third kappa shape index (κ3) is 10.8.